The summed E-state index contributed by atoms with van der Waals surface area (Å²) in [6, 6.07) is 7.34. The molecule has 2 saturated carbocycles. The van der Waals surface area contributed by atoms with E-state index in [0.717, 1.165) is 18.6 Å². The lowest BCUT2D eigenvalue weighted by Crippen LogP contribution is -2.41. The maximum absolute atomic E-state index is 12.2. The Morgan fingerprint density at radius 1 is 1.09 bits per heavy atom. The van der Waals surface area contributed by atoms with E-state index in [1.807, 2.05) is 18.2 Å². The van der Waals surface area contributed by atoms with E-state index in [1.54, 1.807) is 6.07 Å². The zero-order chi connectivity index (χ0) is 15.5. The number of amides is 1. The lowest BCUT2D eigenvalue weighted by Gasteiger charge is -2.31. The summed E-state index contributed by atoms with van der Waals surface area (Å²) in [7, 11) is 0. The molecule has 22 heavy (non-hydrogen) atoms. The van der Waals surface area contributed by atoms with Gasteiger partial charge in [0.2, 0.25) is 5.91 Å². The quantitative estimate of drug-likeness (QED) is 0.876. The molecule has 118 valence electrons. The molecule has 0 saturated heterocycles. The summed E-state index contributed by atoms with van der Waals surface area (Å²) in [5.74, 6) is -1.30. The molecule has 2 atom stereocenters. The number of carbonyl (C=O) groups is 2. The first-order chi connectivity index (χ1) is 10.6. The number of ether oxygens (including phenoxy) is 1. The average Bonchev–Trinajstić information content (AvgIpc) is 2.89. The van der Waals surface area contributed by atoms with Gasteiger partial charge in [-0.05, 0) is 50.7 Å². The number of carbonyl (C=O) groups excluding carboxylic acids is 1. The third-order valence-electron chi connectivity index (χ3n) is 4.63. The Hall–Kier alpha value is -2.04. The molecule has 0 heterocycles. The molecule has 2 aliphatic carbocycles. The molecule has 5 heteroatoms. The van der Waals surface area contributed by atoms with Gasteiger partial charge in [0.25, 0.3) is 0 Å². The van der Waals surface area contributed by atoms with Gasteiger partial charge >= 0.3 is 5.97 Å². The fraction of sp³-hybridized carbons (Fsp3) is 0.529. The van der Waals surface area contributed by atoms with Crippen molar-refractivity contribution in [2.45, 2.75) is 44.6 Å². The zero-order valence-corrected chi connectivity index (χ0v) is 12.5. The van der Waals surface area contributed by atoms with Gasteiger partial charge in [0.15, 0.2) is 0 Å². The monoisotopic (exact) mass is 303 g/mol. The highest BCUT2D eigenvalue weighted by Gasteiger charge is 2.41. The summed E-state index contributed by atoms with van der Waals surface area (Å²) in [6.45, 7) is 0. The van der Waals surface area contributed by atoms with Crippen LogP contribution in [0.3, 0.4) is 0 Å². The topological polar surface area (TPSA) is 75.6 Å². The number of nitrogens with one attached hydrogen (secondary N) is 1. The lowest BCUT2D eigenvalue weighted by molar-refractivity contribution is -0.151. The van der Waals surface area contributed by atoms with Crippen LogP contribution in [0.1, 0.15) is 38.5 Å². The van der Waals surface area contributed by atoms with E-state index in [-0.39, 0.29) is 12.0 Å². The van der Waals surface area contributed by atoms with Crippen molar-refractivity contribution >= 4 is 17.6 Å². The number of benzene rings is 1. The van der Waals surface area contributed by atoms with E-state index in [4.69, 9.17) is 9.84 Å². The smallest absolute Gasteiger partial charge is 0.307 e. The minimum atomic E-state index is -0.885. The van der Waals surface area contributed by atoms with Crippen LogP contribution >= 0.6 is 0 Å². The number of carboxylic acids is 1. The predicted octanol–water partition coefficient (Wildman–Crippen LogP) is 3.06. The number of carboxylic acid groups (broad SMARTS) is 1. The number of aliphatic carboxylic acids is 1. The Morgan fingerprint density at radius 2 is 1.82 bits per heavy atom. The summed E-state index contributed by atoms with van der Waals surface area (Å²) in [5, 5.41) is 11.8. The number of hydrogen-bond acceptors (Lipinski definition) is 3. The summed E-state index contributed by atoms with van der Waals surface area (Å²) >= 11 is 0. The molecule has 2 N–H and O–H groups in total. The Balaban J connectivity index is 1.60. The molecule has 0 bridgehead atoms. The Kier molecular flexibility index (Phi) is 4.32. The molecule has 0 aromatic heterocycles. The molecule has 2 fully saturated rings. The van der Waals surface area contributed by atoms with Crippen LogP contribution in [-0.4, -0.2) is 23.1 Å². The van der Waals surface area contributed by atoms with Crippen molar-refractivity contribution in [1.82, 2.24) is 0 Å². The largest absolute Gasteiger partial charge is 0.490 e. The average molecular weight is 303 g/mol. The second-order valence-electron chi connectivity index (χ2n) is 6.17. The number of anilines is 1. The zero-order valence-electron chi connectivity index (χ0n) is 12.5. The molecule has 0 spiro atoms. The maximum Gasteiger partial charge on any atom is 0.307 e. The van der Waals surface area contributed by atoms with E-state index >= 15 is 0 Å². The van der Waals surface area contributed by atoms with Gasteiger partial charge in [-0.25, -0.2) is 0 Å². The minimum absolute atomic E-state index is 0.211. The minimum Gasteiger partial charge on any atom is -0.490 e. The second kappa shape index (κ2) is 6.38. The molecule has 1 amide bonds. The van der Waals surface area contributed by atoms with Crippen molar-refractivity contribution in [3.05, 3.63) is 24.3 Å². The van der Waals surface area contributed by atoms with Gasteiger partial charge in [-0.15, -0.1) is 0 Å². The van der Waals surface area contributed by atoms with Crippen molar-refractivity contribution in [3.8, 4) is 5.75 Å². The summed E-state index contributed by atoms with van der Waals surface area (Å²) in [5.41, 5.74) is 0.663. The third-order valence-corrected chi connectivity index (χ3v) is 4.63. The third kappa shape index (κ3) is 3.24. The van der Waals surface area contributed by atoms with Crippen molar-refractivity contribution in [2.75, 3.05) is 5.32 Å². The predicted molar refractivity (Wildman–Crippen MR) is 81.8 cm³/mol. The van der Waals surface area contributed by atoms with Crippen LogP contribution in [0.15, 0.2) is 24.3 Å². The highest BCUT2D eigenvalue weighted by molar-refractivity contribution is 5.96. The molecule has 0 radical (unpaired) electrons. The molecule has 5 nitrogen and oxygen atoms in total. The van der Waals surface area contributed by atoms with Gasteiger partial charge in [0.05, 0.1) is 17.9 Å². The maximum atomic E-state index is 12.2. The van der Waals surface area contributed by atoms with E-state index in [1.165, 1.54) is 12.8 Å². The molecule has 1 aromatic rings. The first kappa shape index (κ1) is 14.9. The van der Waals surface area contributed by atoms with E-state index in [2.05, 4.69) is 5.32 Å². The molecule has 1 aromatic carbocycles. The summed E-state index contributed by atoms with van der Waals surface area (Å²) in [6.07, 6.45) is 6.07. The first-order valence-corrected chi connectivity index (χ1v) is 7.94. The van der Waals surface area contributed by atoms with Gasteiger partial charge in [0.1, 0.15) is 5.75 Å². The molecular formula is C17H21NO4. The summed E-state index contributed by atoms with van der Waals surface area (Å²) < 4.78 is 5.91. The van der Waals surface area contributed by atoms with Gasteiger partial charge < -0.3 is 15.2 Å². The first-order valence-electron chi connectivity index (χ1n) is 7.94. The second-order valence-corrected chi connectivity index (χ2v) is 6.17. The Bertz CT molecular complexity index is 566. The van der Waals surface area contributed by atoms with E-state index in [0.29, 0.717) is 18.5 Å². The number of hydrogen-bond donors (Lipinski definition) is 2. The van der Waals surface area contributed by atoms with Crippen LogP contribution in [-0.2, 0) is 9.59 Å². The lowest BCUT2D eigenvalue weighted by atomic mass is 9.73. The standard InChI is InChI=1S/C17H21NO4/c19-16(14-8-9-15(14)17(20)21)18-11-4-3-7-13(10-11)22-12-5-1-2-6-12/h3-4,7,10,12,14-15H,1-2,5-6,8-9H2,(H,18,19)(H,20,21). The fourth-order valence-corrected chi connectivity index (χ4v) is 3.19. The van der Waals surface area contributed by atoms with Crippen molar-refractivity contribution in [1.29, 1.82) is 0 Å². The van der Waals surface area contributed by atoms with Crippen LogP contribution in [0.4, 0.5) is 5.69 Å². The molecule has 2 unspecified atom stereocenters. The van der Waals surface area contributed by atoms with Crippen molar-refractivity contribution < 1.29 is 19.4 Å². The van der Waals surface area contributed by atoms with Gasteiger partial charge in [-0.1, -0.05) is 6.07 Å². The fourth-order valence-electron chi connectivity index (χ4n) is 3.19. The molecule has 2 aliphatic rings. The van der Waals surface area contributed by atoms with Crippen LogP contribution in [0, 0.1) is 11.8 Å². The molecule has 0 aliphatic heterocycles. The Labute approximate surface area is 129 Å². The SMILES string of the molecule is O=C(O)C1CCC1C(=O)Nc1cccc(OC2CCCC2)c1. The van der Waals surface area contributed by atoms with Crippen LogP contribution in [0.2, 0.25) is 0 Å². The Morgan fingerprint density at radius 3 is 2.45 bits per heavy atom. The molecule has 3 rings (SSSR count). The van der Waals surface area contributed by atoms with Crippen molar-refractivity contribution in [2.24, 2.45) is 11.8 Å². The summed E-state index contributed by atoms with van der Waals surface area (Å²) in [4.78, 5) is 23.1. The van der Waals surface area contributed by atoms with Crippen LogP contribution in [0.25, 0.3) is 0 Å². The van der Waals surface area contributed by atoms with Crippen LogP contribution in [0.5, 0.6) is 5.75 Å². The highest BCUT2D eigenvalue weighted by Crippen LogP contribution is 2.35. The normalized spacial score (nSPS) is 24.5. The van der Waals surface area contributed by atoms with Gasteiger partial charge in [-0.2, -0.15) is 0 Å². The van der Waals surface area contributed by atoms with Gasteiger partial charge in [-0.3, -0.25) is 9.59 Å². The van der Waals surface area contributed by atoms with E-state index in [9.17, 15) is 9.59 Å². The highest BCUT2D eigenvalue weighted by atomic mass is 16.5. The van der Waals surface area contributed by atoms with E-state index < -0.39 is 17.8 Å². The molecular weight excluding hydrogens is 282 g/mol. The van der Waals surface area contributed by atoms with Gasteiger partial charge in [0, 0.05) is 11.8 Å². The van der Waals surface area contributed by atoms with Crippen LogP contribution < -0.4 is 10.1 Å². The van der Waals surface area contributed by atoms with Crippen molar-refractivity contribution in [3.63, 3.8) is 0 Å². The number of rotatable bonds is 5.